The molecule has 1 aliphatic carbocycles. The Hall–Kier alpha value is -0.830. The summed E-state index contributed by atoms with van der Waals surface area (Å²) in [5.41, 5.74) is 1.30. The lowest BCUT2D eigenvalue weighted by atomic mass is 10.1. The van der Waals surface area contributed by atoms with Crippen LogP contribution in [0.3, 0.4) is 0 Å². The maximum Gasteiger partial charge on any atom is 0.242 e. The van der Waals surface area contributed by atoms with E-state index in [4.69, 9.17) is 0 Å². The number of guanidine groups is 1. The van der Waals surface area contributed by atoms with Crippen molar-refractivity contribution in [3.8, 4) is 0 Å². The first kappa shape index (κ1) is 17.5. The van der Waals surface area contributed by atoms with E-state index < -0.39 is 0 Å². The first-order chi connectivity index (χ1) is 10.2. The number of fused-ring (bicyclic) bond motifs is 1. The normalized spacial score (nSPS) is 23.4. The summed E-state index contributed by atoms with van der Waals surface area (Å²) in [6, 6.07) is 2.64. The third-order valence-electron chi connectivity index (χ3n) is 4.22. The van der Waals surface area contributed by atoms with Gasteiger partial charge in [0.25, 0.3) is 0 Å². The quantitative estimate of drug-likeness (QED) is 0.434. The van der Waals surface area contributed by atoms with Crippen LogP contribution in [0.15, 0.2) is 16.4 Å². The van der Waals surface area contributed by atoms with Crippen molar-refractivity contribution in [1.82, 2.24) is 15.5 Å². The van der Waals surface area contributed by atoms with E-state index in [0.29, 0.717) is 18.5 Å². The summed E-state index contributed by atoms with van der Waals surface area (Å²) in [5.74, 6) is 1.57. The molecule has 122 valence electrons. The average Bonchev–Trinajstić information content (AvgIpc) is 3.00. The minimum absolute atomic E-state index is 0. The van der Waals surface area contributed by atoms with Gasteiger partial charge in [0.15, 0.2) is 5.96 Å². The molecule has 7 heteroatoms. The largest absolute Gasteiger partial charge is 0.353 e. The zero-order valence-corrected chi connectivity index (χ0v) is 16.1. The third-order valence-corrected chi connectivity index (χ3v) is 5.25. The van der Waals surface area contributed by atoms with Gasteiger partial charge in [-0.1, -0.05) is 6.92 Å². The first-order valence-electron chi connectivity index (χ1n) is 7.47. The zero-order chi connectivity index (χ0) is 14.8. The van der Waals surface area contributed by atoms with Crippen LogP contribution >= 0.6 is 35.3 Å². The molecule has 1 amide bonds. The maximum atomic E-state index is 12.3. The van der Waals surface area contributed by atoms with Crippen LogP contribution < -0.4 is 10.6 Å². The number of nitrogens with zero attached hydrogens (tertiary/aromatic N) is 2. The molecule has 2 N–H and O–H groups in total. The molecule has 1 fully saturated rings. The van der Waals surface area contributed by atoms with Crippen LogP contribution in [0, 0.1) is 5.92 Å². The Morgan fingerprint density at radius 3 is 3.00 bits per heavy atom. The molecule has 1 saturated carbocycles. The van der Waals surface area contributed by atoms with Crippen molar-refractivity contribution in [2.75, 3.05) is 20.1 Å². The fraction of sp³-hybridized carbons (Fsp3) is 0.600. The van der Waals surface area contributed by atoms with Gasteiger partial charge in [-0.25, -0.2) is 0 Å². The van der Waals surface area contributed by atoms with E-state index in [1.807, 2.05) is 4.90 Å². The van der Waals surface area contributed by atoms with Gasteiger partial charge in [0, 0.05) is 31.1 Å². The number of rotatable bonds is 3. The topological polar surface area (TPSA) is 56.7 Å². The van der Waals surface area contributed by atoms with E-state index in [1.165, 1.54) is 16.9 Å². The summed E-state index contributed by atoms with van der Waals surface area (Å²) < 4.78 is 0. The summed E-state index contributed by atoms with van der Waals surface area (Å²) in [6.45, 7) is 4.08. The number of carbonyl (C=O) groups is 1. The van der Waals surface area contributed by atoms with Crippen molar-refractivity contribution in [2.24, 2.45) is 10.9 Å². The lowest BCUT2D eigenvalue weighted by molar-refractivity contribution is -0.130. The Labute approximate surface area is 152 Å². The van der Waals surface area contributed by atoms with Crippen LogP contribution in [0.2, 0.25) is 0 Å². The van der Waals surface area contributed by atoms with Crippen LogP contribution in [0.5, 0.6) is 0 Å². The number of thiophene rings is 1. The molecule has 2 aliphatic rings. The van der Waals surface area contributed by atoms with Crippen LogP contribution in [-0.2, 0) is 17.8 Å². The van der Waals surface area contributed by atoms with Crippen molar-refractivity contribution in [3.63, 3.8) is 0 Å². The number of hydrogen-bond donors (Lipinski definition) is 2. The van der Waals surface area contributed by atoms with Crippen LogP contribution in [0.4, 0.5) is 0 Å². The van der Waals surface area contributed by atoms with Gasteiger partial charge < -0.3 is 15.5 Å². The molecule has 0 bridgehead atoms. The molecule has 22 heavy (non-hydrogen) atoms. The molecular formula is C15H23IN4OS. The SMILES string of the molecule is CN=C(NCC(=O)N1CCc2sccc2C1)NC1CC1C.I. The number of amides is 1. The second-order valence-corrected chi connectivity index (χ2v) is 6.82. The predicted octanol–water partition coefficient (Wildman–Crippen LogP) is 1.82. The minimum atomic E-state index is 0. The van der Waals surface area contributed by atoms with Gasteiger partial charge in [-0.3, -0.25) is 9.79 Å². The van der Waals surface area contributed by atoms with Crippen molar-refractivity contribution in [2.45, 2.75) is 32.4 Å². The third kappa shape index (κ3) is 4.13. The highest BCUT2D eigenvalue weighted by Crippen LogP contribution is 2.28. The number of aliphatic imine (C=N–C) groups is 1. The van der Waals surface area contributed by atoms with Crippen LogP contribution in [-0.4, -0.2) is 42.9 Å². The van der Waals surface area contributed by atoms with E-state index in [0.717, 1.165) is 25.5 Å². The van der Waals surface area contributed by atoms with E-state index >= 15 is 0 Å². The summed E-state index contributed by atoms with van der Waals surface area (Å²) in [6.07, 6.45) is 2.16. The van der Waals surface area contributed by atoms with Gasteiger partial charge in [-0.2, -0.15) is 0 Å². The summed E-state index contributed by atoms with van der Waals surface area (Å²) in [7, 11) is 1.74. The highest BCUT2D eigenvalue weighted by atomic mass is 127. The lowest BCUT2D eigenvalue weighted by Gasteiger charge is -2.27. The molecule has 0 aromatic carbocycles. The van der Waals surface area contributed by atoms with Gasteiger partial charge >= 0.3 is 0 Å². The fourth-order valence-corrected chi connectivity index (χ4v) is 3.52. The highest BCUT2D eigenvalue weighted by molar-refractivity contribution is 14.0. The standard InChI is InChI=1S/C15H22N4OS.HI/c1-10-7-12(10)18-15(16-2)17-8-14(20)19-5-3-13-11(9-19)4-6-21-13;/h4,6,10,12H,3,5,7-9H2,1-2H3,(H2,16,17,18);1H. The van der Waals surface area contributed by atoms with Crippen molar-refractivity contribution in [3.05, 3.63) is 21.9 Å². The molecule has 5 nitrogen and oxygen atoms in total. The maximum absolute atomic E-state index is 12.3. The number of hydrogen-bond acceptors (Lipinski definition) is 3. The number of halogens is 1. The fourth-order valence-electron chi connectivity index (χ4n) is 2.63. The Balaban J connectivity index is 0.00000176. The van der Waals surface area contributed by atoms with Crippen molar-refractivity contribution >= 4 is 47.2 Å². The molecule has 1 aromatic heterocycles. The van der Waals surface area contributed by atoms with Gasteiger partial charge in [0.05, 0.1) is 6.54 Å². The molecule has 3 rings (SSSR count). The monoisotopic (exact) mass is 434 g/mol. The van der Waals surface area contributed by atoms with Crippen molar-refractivity contribution in [1.29, 1.82) is 0 Å². The molecule has 0 saturated heterocycles. The molecule has 0 spiro atoms. The highest BCUT2D eigenvalue weighted by Gasteiger charge is 2.33. The van der Waals surface area contributed by atoms with E-state index in [-0.39, 0.29) is 29.9 Å². The predicted molar refractivity (Wildman–Crippen MR) is 101 cm³/mol. The summed E-state index contributed by atoms with van der Waals surface area (Å²) >= 11 is 1.79. The molecule has 2 unspecified atom stereocenters. The summed E-state index contributed by atoms with van der Waals surface area (Å²) in [5, 5.41) is 8.57. The van der Waals surface area contributed by atoms with Gasteiger partial charge in [0.2, 0.25) is 5.91 Å². The Morgan fingerprint density at radius 1 is 1.55 bits per heavy atom. The zero-order valence-electron chi connectivity index (χ0n) is 13.0. The smallest absolute Gasteiger partial charge is 0.242 e. The molecule has 2 heterocycles. The van der Waals surface area contributed by atoms with E-state index in [9.17, 15) is 4.79 Å². The Morgan fingerprint density at radius 2 is 2.32 bits per heavy atom. The van der Waals surface area contributed by atoms with Crippen LogP contribution in [0.25, 0.3) is 0 Å². The van der Waals surface area contributed by atoms with E-state index in [1.54, 1.807) is 18.4 Å². The van der Waals surface area contributed by atoms with Crippen LogP contribution in [0.1, 0.15) is 23.8 Å². The molecule has 2 atom stereocenters. The first-order valence-corrected chi connectivity index (χ1v) is 8.35. The molecule has 1 aromatic rings. The van der Waals surface area contributed by atoms with Gasteiger partial charge in [-0.05, 0) is 35.8 Å². The Kier molecular flexibility index (Phi) is 6.08. The summed E-state index contributed by atoms with van der Waals surface area (Å²) in [4.78, 5) is 19.8. The molecular weight excluding hydrogens is 411 g/mol. The lowest BCUT2D eigenvalue weighted by Crippen LogP contribution is -2.46. The minimum Gasteiger partial charge on any atom is -0.353 e. The number of carbonyl (C=O) groups excluding carboxylic acids is 1. The molecule has 0 radical (unpaired) electrons. The second-order valence-electron chi connectivity index (χ2n) is 5.82. The van der Waals surface area contributed by atoms with Gasteiger partial charge in [0.1, 0.15) is 0 Å². The Bertz CT molecular complexity index is 559. The van der Waals surface area contributed by atoms with E-state index in [2.05, 4.69) is 34.0 Å². The second kappa shape index (κ2) is 7.63. The van der Waals surface area contributed by atoms with Gasteiger partial charge in [-0.15, -0.1) is 35.3 Å². The number of nitrogens with one attached hydrogen (secondary N) is 2. The van der Waals surface area contributed by atoms with Crippen molar-refractivity contribution < 1.29 is 4.79 Å². The molecule has 1 aliphatic heterocycles. The average molecular weight is 434 g/mol.